The molecule has 92 valence electrons. The predicted octanol–water partition coefficient (Wildman–Crippen LogP) is 5.11. The number of hydrogen-bond donors (Lipinski definition) is 0. The Bertz CT molecular complexity index is 422. The number of ketones is 1. The Hall–Kier alpha value is -0.340. The molecule has 3 heteroatoms. The normalized spacial score (nSPS) is 24.6. The van der Waals surface area contributed by atoms with Crippen LogP contribution in [0.15, 0.2) is 22.7 Å². The van der Waals surface area contributed by atoms with Crippen molar-refractivity contribution in [2.45, 2.75) is 32.6 Å². The average Bonchev–Trinajstić information content (AvgIpc) is 2.32. The van der Waals surface area contributed by atoms with Gasteiger partial charge >= 0.3 is 0 Å². The number of hydrogen-bond acceptors (Lipinski definition) is 1. The molecule has 0 aliphatic heterocycles. The molecule has 0 N–H and O–H groups in total. The van der Waals surface area contributed by atoms with Crippen molar-refractivity contribution in [1.82, 2.24) is 0 Å². The number of halogens is 2. The molecule has 0 bridgehead atoms. The van der Waals surface area contributed by atoms with E-state index in [1.807, 2.05) is 6.07 Å². The average molecular weight is 316 g/mol. The number of rotatable bonds is 2. The summed E-state index contributed by atoms with van der Waals surface area (Å²) in [5.74, 6) is 1.19. The number of carbonyl (C=O) groups excluding carboxylic acids is 1. The van der Waals surface area contributed by atoms with Crippen molar-refractivity contribution in [3.05, 3.63) is 33.3 Å². The van der Waals surface area contributed by atoms with Crippen molar-refractivity contribution in [3.63, 3.8) is 0 Å². The van der Waals surface area contributed by atoms with Crippen molar-refractivity contribution < 1.29 is 4.79 Å². The van der Waals surface area contributed by atoms with Gasteiger partial charge in [-0.25, -0.2) is 0 Å². The summed E-state index contributed by atoms with van der Waals surface area (Å²) >= 11 is 9.38. The van der Waals surface area contributed by atoms with Crippen LogP contribution >= 0.6 is 27.5 Å². The van der Waals surface area contributed by atoms with Crippen molar-refractivity contribution in [2.75, 3.05) is 0 Å². The summed E-state index contributed by atoms with van der Waals surface area (Å²) in [6.45, 7) is 2.26. The Kier molecular flexibility index (Phi) is 4.26. The lowest BCUT2D eigenvalue weighted by molar-refractivity contribution is 0.0875. The highest BCUT2D eigenvalue weighted by Crippen LogP contribution is 2.33. The van der Waals surface area contributed by atoms with E-state index in [2.05, 4.69) is 22.9 Å². The van der Waals surface area contributed by atoms with Crippen LogP contribution in [0.5, 0.6) is 0 Å². The molecule has 0 heterocycles. The molecule has 1 saturated carbocycles. The zero-order chi connectivity index (χ0) is 12.4. The SMILES string of the molecule is CC1CCC(C(=O)c2cc(Cl)ccc2Br)CC1. The fraction of sp³-hybridized carbons (Fsp3) is 0.500. The monoisotopic (exact) mass is 314 g/mol. The second kappa shape index (κ2) is 5.53. The third kappa shape index (κ3) is 3.11. The van der Waals surface area contributed by atoms with E-state index in [4.69, 9.17) is 11.6 Å². The number of benzene rings is 1. The molecule has 17 heavy (non-hydrogen) atoms. The van der Waals surface area contributed by atoms with Gasteiger partial charge in [0.1, 0.15) is 0 Å². The van der Waals surface area contributed by atoms with Crippen molar-refractivity contribution in [2.24, 2.45) is 11.8 Å². The third-order valence-electron chi connectivity index (χ3n) is 3.58. The Morgan fingerprint density at radius 1 is 1.29 bits per heavy atom. The summed E-state index contributed by atoms with van der Waals surface area (Å²) < 4.78 is 0.852. The van der Waals surface area contributed by atoms with Gasteiger partial charge in [0.25, 0.3) is 0 Å². The Morgan fingerprint density at radius 3 is 2.59 bits per heavy atom. The van der Waals surface area contributed by atoms with Crippen molar-refractivity contribution >= 4 is 33.3 Å². The summed E-state index contributed by atoms with van der Waals surface area (Å²) in [5, 5.41) is 0.626. The molecule has 0 amide bonds. The molecule has 1 fully saturated rings. The van der Waals surface area contributed by atoms with Gasteiger partial charge in [-0.3, -0.25) is 4.79 Å². The number of carbonyl (C=O) groups is 1. The smallest absolute Gasteiger partial charge is 0.167 e. The standard InChI is InChI=1S/C14H16BrClO/c1-9-2-4-10(5-3-9)14(17)12-8-11(16)6-7-13(12)15/h6-10H,2-5H2,1H3. The zero-order valence-electron chi connectivity index (χ0n) is 9.88. The summed E-state index contributed by atoms with van der Waals surface area (Å²) in [6.07, 6.45) is 4.35. The first-order chi connectivity index (χ1) is 8.08. The molecule has 0 unspecified atom stereocenters. The summed E-state index contributed by atoms with van der Waals surface area (Å²) in [4.78, 5) is 12.4. The summed E-state index contributed by atoms with van der Waals surface area (Å²) in [6, 6.07) is 5.42. The van der Waals surface area contributed by atoms with Crippen molar-refractivity contribution in [1.29, 1.82) is 0 Å². The van der Waals surface area contributed by atoms with Gasteiger partial charge in [0.15, 0.2) is 5.78 Å². The molecule has 0 atom stereocenters. The van der Waals surface area contributed by atoms with Gasteiger partial charge in [-0.1, -0.05) is 47.3 Å². The molecule has 0 saturated heterocycles. The highest BCUT2D eigenvalue weighted by atomic mass is 79.9. The van der Waals surface area contributed by atoms with Gasteiger partial charge < -0.3 is 0 Å². The van der Waals surface area contributed by atoms with Crippen LogP contribution in [0.25, 0.3) is 0 Å². The predicted molar refractivity (Wildman–Crippen MR) is 74.6 cm³/mol. The highest BCUT2D eigenvalue weighted by molar-refractivity contribution is 9.10. The van der Waals surface area contributed by atoms with Crippen LogP contribution in [0.3, 0.4) is 0 Å². The fourth-order valence-electron chi connectivity index (χ4n) is 2.43. The van der Waals surface area contributed by atoms with Crippen LogP contribution < -0.4 is 0 Å². The van der Waals surface area contributed by atoms with Gasteiger partial charge in [0.2, 0.25) is 0 Å². The van der Waals surface area contributed by atoms with Crippen LogP contribution in [-0.4, -0.2) is 5.78 Å². The lowest BCUT2D eigenvalue weighted by atomic mass is 9.79. The molecular formula is C14H16BrClO. The Balaban J connectivity index is 2.16. The van der Waals surface area contributed by atoms with E-state index < -0.39 is 0 Å². The first-order valence-electron chi connectivity index (χ1n) is 6.07. The highest BCUT2D eigenvalue weighted by Gasteiger charge is 2.26. The van der Waals surface area contributed by atoms with Crippen LogP contribution in [0.1, 0.15) is 43.0 Å². The molecule has 0 aromatic heterocycles. The third-order valence-corrected chi connectivity index (χ3v) is 4.51. The first-order valence-corrected chi connectivity index (χ1v) is 7.24. The van der Waals surface area contributed by atoms with E-state index in [0.29, 0.717) is 5.02 Å². The van der Waals surface area contributed by atoms with E-state index in [0.717, 1.165) is 41.6 Å². The van der Waals surface area contributed by atoms with E-state index in [1.165, 1.54) is 0 Å². The second-order valence-corrected chi connectivity index (χ2v) is 6.24. The van der Waals surface area contributed by atoms with Gasteiger partial charge in [0.05, 0.1) is 0 Å². The van der Waals surface area contributed by atoms with Crippen LogP contribution in [-0.2, 0) is 0 Å². The molecule has 2 rings (SSSR count). The molecule has 1 aliphatic rings. The maximum Gasteiger partial charge on any atom is 0.167 e. The van der Waals surface area contributed by atoms with E-state index in [1.54, 1.807) is 12.1 Å². The fourth-order valence-corrected chi connectivity index (χ4v) is 3.04. The van der Waals surface area contributed by atoms with E-state index >= 15 is 0 Å². The molecule has 1 aromatic carbocycles. The lowest BCUT2D eigenvalue weighted by Crippen LogP contribution is -2.21. The van der Waals surface area contributed by atoms with Crippen molar-refractivity contribution in [3.8, 4) is 0 Å². The van der Waals surface area contributed by atoms with Gasteiger partial charge in [-0.15, -0.1) is 0 Å². The van der Waals surface area contributed by atoms with Crippen LogP contribution in [0.2, 0.25) is 5.02 Å². The zero-order valence-corrected chi connectivity index (χ0v) is 12.2. The van der Waals surface area contributed by atoms with Gasteiger partial charge in [-0.05, 0) is 37.0 Å². The molecule has 0 radical (unpaired) electrons. The first kappa shape index (κ1) is 13.1. The quantitative estimate of drug-likeness (QED) is 0.693. The Labute approximate surface area is 116 Å². The van der Waals surface area contributed by atoms with E-state index in [-0.39, 0.29) is 11.7 Å². The molecule has 0 spiro atoms. The van der Waals surface area contributed by atoms with Crippen LogP contribution in [0.4, 0.5) is 0 Å². The summed E-state index contributed by atoms with van der Waals surface area (Å²) in [5.41, 5.74) is 0.733. The minimum atomic E-state index is 0.181. The number of Topliss-reactive ketones (excluding diaryl/α,β-unsaturated/α-hetero) is 1. The maximum atomic E-state index is 12.4. The van der Waals surface area contributed by atoms with Gasteiger partial charge in [-0.2, -0.15) is 0 Å². The molecule has 1 aromatic rings. The minimum absolute atomic E-state index is 0.181. The van der Waals surface area contributed by atoms with Crippen LogP contribution in [0, 0.1) is 11.8 Å². The topological polar surface area (TPSA) is 17.1 Å². The Morgan fingerprint density at radius 2 is 1.94 bits per heavy atom. The maximum absolute atomic E-state index is 12.4. The second-order valence-electron chi connectivity index (χ2n) is 4.95. The minimum Gasteiger partial charge on any atom is -0.294 e. The lowest BCUT2D eigenvalue weighted by Gasteiger charge is -2.25. The largest absolute Gasteiger partial charge is 0.294 e. The molecular weight excluding hydrogens is 300 g/mol. The van der Waals surface area contributed by atoms with Gasteiger partial charge in [0, 0.05) is 21.0 Å². The summed E-state index contributed by atoms with van der Waals surface area (Å²) in [7, 11) is 0. The molecule has 1 nitrogen and oxygen atoms in total. The molecule has 1 aliphatic carbocycles. The van der Waals surface area contributed by atoms with E-state index in [9.17, 15) is 4.79 Å².